The monoisotopic (exact) mass is 325 g/mol. The number of methoxy groups -OCH3 is 1. The predicted molar refractivity (Wildman–Crippen MR) is 88.6 cm³/mol. The smallest absolute Gasteiger partial charge is 0.409 e. The van der Waals surface area contributed by atoms with E-state index in [4.69, 9.17) is 9.47 Å². The van der Waals surface area contributed by atoms with E-state index in [1.807, 2.05) is 4.90 Å². The van der Waals surface area contributed by atoms with Crippen LogP contribution in [0.2, 0.25) is 0 Å². The van der Waals surface area contributed by atoms with E-state index in [0.29, 0.717) is 12.6 Å². The van der Waals surface area contributed by atoms with Gasteiger partial charge >= 0.3 is 6.09 Å². The molecule has 0 N–H and O–H groups in total. The molecule has 3 heterocycles. The first-order valence-electron chi connectivity index (χ1n) is 9.08. The van der Waals surface area contributed by atoms with Crippen molar-refractivity contribution in [3.63, 3.8) is 0 Å². The first kappa shape index (κ1) is 17.0. The van der Waals surface area contributed by atoms with Crippen molar-refractivity contribution in [2.24, 2.45) is 0 Å². The number of amides is 1. The number of nitrogens with zero attached hydrogens (tertiary/aromatic N) is 3. The number of carbonyl (C=O) groups is 1. The number of carbonyl (C=O) groups excluding carboxylic acids is 1. The average molecular weight is 325 g/mol. The first-order chi connectivity index (χ1) is 11.2. The topological polar surface area (TPSA) is 45.3 Å². The standard InChI is InChI=1S/C17H31N3O3/c1-3-18-9-11-19(12-10-18)16(21)23-13-15-5-7-17(14-22-2)6-4-8-20(15)17/h15H,3-14H2,1-2H3/t15-,17?/m1/s1. The van der Waals surface area contributed by atoms with E-state index in [2.05, 4.69) is 16.7 Å². The first-order valence-corrected chi connectivity index (χ1v) is 9.08. The van der Waals surface area contributed by atoms with Crippen molar-refractivity contribution in [3.8, 4) is 0 Å². The highest BCUT2D eigenvalue weighted by Crippen LogP contribution is 2.42. The molecule has 132 valence electrons. The molecule has 0 aliphatic carbocycles. The minimum absolute atomic E-state index is 0.135. The summed E-state index contributed by atoms with van der Waals surface area (Å²) in [6, 6.07) is 0.369. The molecule has 0 aromatic carbocycles. The van der Waals surface area contributed by atoms with Gasteiger partial charge in [0.1, 0.15) is 6.61 Å². The number of hydrogen-bond acceptors (Lipinski definition) is 5. The van der Waals surface area contributed by atoms with E-state index in [9.17, 15) is 4.79 Å². The third-order valence-electron chi connectivity index (χ3n) is 5.92. The molecule has 6 heteroatoms. The fourth-order valence-electron chi connectivity index (χ4n) is 4.56. The minimum atomic E-state index is -0.135. The molecule has 3 saturated heterocycles. The van der Waals surface area contributed by atoms with E-state index in [1.54, 1.807) is 7.11 Å². The van der Waals surface area contributed by atoms with Gasteiger partial charge < -0.3 is 19.3 Å². The van der Waals surface area contributed by atoms with Gasteiger partial charge in [0.25, 0.3) is 0 Å². The maximum Gasteiger partial charge on any atom is 0.409 e. The average Bonchev–Trinajstić information content (AvgIpc) is 3.12. The summed E-state index contributed by atoms with van der Waals surface area (Å²) >= 11 is 0. The number of ether oxygens (including phenoxy) is 2. The third kappa shape index (κ3) is 3.49. The van der Waals surface area contributed by atoms with Crippen LogP contribution in [0.5, 0.6) is 0 Å². The van der Waals surface area contributed by atoms with Crippen molar-refractivity contribution in [1.82, 2.24) is 14.7 Å². The van der Waals surface area contributed by atoms with Crippen molar-refractivity contribution in [2.45, 2.75) is 44.2 Å². The van der Waals surface area contributed by atoms with E-state index < -0.39 is 0 Å². The lowest BCUT2D eigenvalue weighted by atomic mass is 9.95. The molecule has 0 aromatic heterocycles. The number of piperazine rings is 1. The van der Waals surface area contributed by atoms with Crippen LogP contribution in [-0.4, -0.2) is 92.0 Å². The quantitative estimate of drug-likeness (QED) is 0.765. The molecule has 3 aliphatic heterocycles. The molecule has 1 amide bonds. The maximum absolute atomic E-state index is 12.3. The second-order valence-corrected chi connectivity index (χ2v) is 7.15. The summed E-state index contributed by atoms with van der Waals surface area (Å²) in [5.74, 6) is 0. The number of hydrogen-bond donors (Lipinski definition) is 0. The van der Waals surface area contributed by atoms with Crippen molar-refractivity contribution >= 4 is 6.09 Å². The lowest BCUT2D eigenvalue weighted by Crippen LogP contribution is -2.50. The predicted octanol–water partition coefficient (Wildman–Crippen LogP) is 1.40. The molecule has 23 heavy (non-hydrogen) atoms. The van der Waals surface area contributed by atoms with Gasteiger partial charge in [-0.05, 0) is 38.8 Å². The second kappa shape index (κ2) is 7.36. The van der Waals surface area contributed by atoms with Gasteiger partial charge in [-0.3, -0.25) is 4.90 Å². The van der Waals surface area contributed by atoms with Crippen LogP contribution in [0.3, 0.4) is 0 Å². The lowest BCUT2D eigenvalue weighted by molar-refractivity contribution is 0.0235. The Balaban J connectivity index is 1.46. The van der Waals surface area contributed by atoms with Crippen molar-refractivity contribution < 1.29 is 14.3 Å². The molecular weight excluding hydrogens is 294 g/mol. The third-order valence-corrected chi connectivity index (χ3v) is 5.92. The summed E-state index contributed by atoms with van der Waals surface area (Å²) in [7, 11) is 1.79. The molecule has 6 nitrogen and oxygen atoms in total. The zero-order valence-electron chi connectivity index (χ0n) is 14.6. The summed E-state index contributed by atoms with van der Waals surface area (Å²) in [5, 5.41) is 0. The van der Waals surface area contributed by atoms with Crippen LogP contribution in [0.15, 0.2) is 0 Å². The summed E-state index contributed by atoms with van der Waals surface area (Å²) in [6.07, 6.45) is 4.58. The molecule has 3 aliphatic rings. The van der Waals surface area contributed by atoms with Crippen LogP contribution in [0.1, 0.15) is 32.6 Å². The van der Waals surface area contributed by atoms with Crippen LogP contribution >= 0.6 is 0 Å². The molecule has 0 aromatic rings. The van der Waals surface area contributed by atoms with Gasteiger partial charge in [-0.2, -0.15) is 0 Å². The van der Waals surface area contributed by atoms with Crippen LogP contribution in [0.4, 0.5) is 4.79 Å². The van der Waals surface area contributed by atoms with Gasteiger partial charge in [-0.25, -0.2) is 4.79 Å². The van der Waals surface area contributed by atoms with Crippen molar-refractivity contribution in [3.05, 3.63) is 0 Å². The van der Waals surface area contributed by atoms with Gasteiger partial charge in [-0.1, -0.05) is 6.92 Å². The summed E-state index contributed by atoms with van der Waals surface area (Å²) in [6.45, 7) is 9.15. The van der Waals surface area contributed by atoms with E-state index >= 15 is 0 Å². The Morgan fingerprint density at radius 2 is 1.96 bits per heavy atom. The van der Waals surface area contributed by atoms with Crippen LogP contribution in [0.25, 0.3) is 0 Å². The number of fused-ring (bicyclic) bond motifs is 1. The Morgan fingerprint density at radius 1 is 1.17 bits per heavy atom. The van der Waals surface area contributed by atoms with Crippen molar-refractivity contribution in [2.75, 3.05) is 59.6 Å². The van der Waals surface area contributed by atoms with Gasteiger partial charge in [-0.15, -0.1) is 0 Å². The number of likely N-dealkylation sites (N-methyl/N-ethyl adjacent to an activating group) is 1. The zero-order valence-corrected chi connectivity index (χ0v) is 14.6. The van der Waals surface area contributed by atoms with Gasteiger partial charge in [0.2, 0.25) is 0 Å². The SMILES string of the molecule is CCN1CCN(C(=O)OC[C@H]2CCC3(COC)CCCN23)CC1. The Bertz CT molecular complexity index is 412. The zero-order chi connectivity index (χ0) is 16.3. The Hall–Kier alpha value is -0.850. The Morgan fingerprint density at radius 3 is 2.65 bits per heavy atom. The van der Waals surface area contributed by atoms with Crippen LogP contribution in [0, 0.1) is 0 Å². The molecule has 2 atom stereocenters. The largest absolute Gasteiger partial charge is 0.448 e. The fourth-order valence-corrected chi connectivity index (χ4v) is 4.56. The minimum Gasteiger partial charge on any atom is -0.448 e. The van der Waals surface area contributed by atoms with Gasteiger partial charge in [0.05, 0.1) is 6.61 Å². The molecule has 3 fully saturated rings. The van der Waals surface area contributed by atoms with E-state index in [0.717, 1.165) is 58.7 Å². The van der Waals surface area contributed by atoms with Gasteiger partial charge in [0.15, 0.2) is 0 Å². The molecule has 3 rings (SSSR count). The van der Waals surface area contributed by atoms with Crippen molar-refractivity contribution in [1.29, 1.82) is 0 Å². The molecule has 0 saturated carbocycles. The highest BCUT2D eigenvalue weighted by Gasteiger charge is 2.49. The highest BCUT2D eigenvalue weighted by atomic mass is 16.6. The van der Waals surface area contributed by atoms with Gasteiger partial charge in [0, 0.05) is 44.9 Å². The summed E-state index contributed by atoms with van der Waals surface area (Å²) < 4.78 is 11.1. The van der Waals surface area contributed by atoms with Crippen LogP contribution < -0.4 is 0 Å². The molecule has 0 bridgehead atoms. The summed E-state index contributed by atoms with van der Waals surface area (Å²) in [4.78, 5) is 19.0. The Labute approximate surface area is 139 Å². The molecule has 1 unspecified atom stereocenters. The summed E-state index contributed by atoms with van der Waals surface area (Å²) in [5.41, 5.74) is 0.207. The lowest BCUT2D eigenvalue weighted by Gasteiger charge is -2.35. The molecule has 0 spiro atoms. The number of rotatable bonds is 5. The van der Waals surface area contributed by atoms with Crippen LogP contribution in [-0.2, 0) is 9.47 Å². The highest BCUT2D eigenvalue weighted by molar-refractivity contribution is 5.67. The second-order valence-electron chi connectivity index (χ2n) is 7.15. The van der Waals surface area contributed by atoms with E-state index in [-0.39, 0.29) is 11.6 Å². The molecule has 0 radical (unpaired) electrons. The normalized spacial score (nSPS) is 32.3. The molecular formula is C17H31N3O3. The van der Waals surface area contributed by atoms with E-state index in [1.165, 1.54) is 12.8 Å². The Kier molecular flexibility index (Phi) is 5.44. The maximum atomic E-state index is 12.3. The fraction of sp³-hybridized carbons (Fsp3) is 0.941.